The van der Waals surface area contributed by atoms with Gasteiger partial charge in [0.15, 0.2) is 0 Å². The van der Waals surface area contributed by atoms with Crippen molar-refractivity contribution in [1.82, 2.24) is 5.32 Å². The van der Waals surface area contributed by atoms with E-state index >= 15 is 0 Å². The zero-order valence-corrected chi connectivity index (χ0v) is 12.2. The Morgan fingerprint density at radius 1 is 1.11 bits per heavy atom. The molecular formula is C16H26N2. The summed E-state index contributed by atoms with van der Waals surface area (Å²) in [7, 11) is 0. The molecule has 1 aromatic carbocycles. The van der Waals surface area contributed by atoms with Crippen molar-refractivity contribution >= 4 is 5.69 Å². The van der Waals surface area contributed by atoms with Crippen LogP contribution in [-0.2, 0) is 0 Å². The number of benzene rings is 1. The van der Waals surface area contributed by atoms with Crippen molar-refractivity contribution in [2.24, 2.45) is 5.41 Å². The topological polar surface area (TPSA) is 15.3 Å². The maximum absolute atomic E-state index is 3.55. The fourth-order valence-electron chi connectivity index (χ4n) is 2.83. The summed E-state index contributed by atoms with van der Waals surface area (Å²) in [6, 6.07) is 6.89. The zero-order valence-electron chi connectivity index (χ0n) is 12.2. The minimum absolute atomic E-state index is 0.331. The Bertz CT molecular complexity index is 389. The molecule has 0 radical (unpaired) electrons. The van der Waals surface area contributed by atoms with Crippen LogP contribution in [0.3, 0.4) is 0 Å². The van der Waals surface area contributed by atoms with Crippen LogP contribution >= 0.6 is 0 Å². The number of anilines is 1. The molecule has 0 spiro atoms. The highest BCUT2D eigenvalue weighted by Gasteiger charge is 2.23. The van der Waals surface area contributed by atoms with Gasteiger partial charge in [-0.1, -0.05) is 19.9 Å². The van der Waals surface area contributed by atoms with Gasteiger partial charge >= 0.3 is 0 Å². The van der Waals surface area contributed by atoms with E-state index in [-0.39, 0.29) is 0 Å². The molecule has 0 bridgehead atoms. The number of rotatable bonds is 1. The molecule has 1 N–H and O–H groups in total. The van der Waals surface area contributed by atoms with Crippen molar-refractivity contribution in [2.75, 3.05) is 31.1 Å². The monoisotopic (exact) mass is 246 g/mol. The number of hydrogen-bond acceptors (Lipinski definition) is 2. The molecule has 1 fully saturated rings. The molecule has 1 heterocycles. The maximum atomic E-state index is 3.55. The van der Waals surface area contributed by atoms with Crippen molar-refractivity contribution in [3.63, 3.8) is 0 Å². The van der Waals surface area contributed by atoms with E-state index in [2.05, 4.69) is 56.1 Å². The third kappa shape index (κ3) is 3.49. The smallest absolute Gasteiger partial charge is 0.0371 e. The highest BCUT2D eigenvalue weighted by atomic mass is 15.1. The van der Waals surface area contributed by atoms with Gasteiger partial charge in [0, 0.05) is 25.3 Å². The molecule has 1 aromatic rings. The van der Waals surface area contributed by atoms with Crippen LogP contribution in [0, 0.1) is 19.3 Å². The Morgan fingerprint density at radius 3 is 2.44 bits per heavy atom. The third-order valence-corrected chi connectivity index (χ3v) is 3.58. The molecule has 2 rings (SSSR count). The summed E-state index contributed by atoms with van der Waals surface area (Å²) in [5.41, 5.74) is 4.45. The fraction of sp³-hybridized carbons (Fsp3) is 0.625. The van der Waals surface area contributed by atoms with E-state index in [4.69, 9.17) is 0 Å². The largest absolute Gasteiger partial charge is 0.371 e. The first-order valence-corrected chi connectivity index (χ1v) is 7.00. The van der Waals surface area contributed by atoms with Crippen LogP contribution in [0.15, 0.2) is 18.2 Å². The Labute approximate surface area is 111 Å². The molecular weight excluding hydrogens is 220 g/mol. The van der Waals surface area contributed by atoms with Crippen molar-refractivity contribution in [3.05, 3.63) is 29.3 Å². The number of hydrogen-bond donors (Lipinski definition) is 1. The van der Waals surface area contributed by atoms with Gasteiger partial charge in [-0.25, -0.2) is 0 Å². The lowest BCUT2D eigenvalue weighted by Gasteiger charge is -2.37. The van der Waals surface area contributed by atoms with Gasteiger partial charge in [-0.05, 0) is 55.5 Å². The fourth-order valence-corrected chi connectivity index (χ4v) is 2.83. The molecule has 1 aliphatic rings. The van der Waals surface area contributed by atoms with E-state index in [1.165, 1.54) is 23.2 Å². The van der Waals surface area contributed by atoms with Gasteiger partial charge in [0.2, 0.25) is 0 Å². The third-order valence-electron chi connectivity index (χ3n) is 3.58. The zero-order chi connectivity index (χ0) is 13.2. The minimum Gasteiger partial charge on any atom is -0.371 e. The number of aryl methyl sites for hydroxylation is 2. The predicted octanol–water partition coefficient (Wildman–Crippen LogP) is 3.13. The molecule has 0 aromatic heterocycles. The van der Waals surface area contributed by atoms with Gasteiger partial charge in [-0.15, -0.1) is 0 Å². The van der Waals surface area contributed by atoms with Crippen molar-refractivity contribution in [3.8, 4) is 0 Å². The summed E-state index contributed by atoms with van der Waals surface area (Å²) in [5, 5.41) is 3.55. The molecule has 2 nitrogen and oxygen atoms in total. The Balaban J connectivity index is 2.23. The van der Waals surface area contributed by atoms with Crippen LogP contribution in [0.25, 0.3) is 0 Å². The molecule has 18 heavy (non-hydrogen) atoms. The van der Waals surface area contributed by atoms with E-state index in [0.717, 1.165) is 26.2 Å². The summed E-state index contributed by atoms with van der Waals surface area (Å²) in [5.74, 6) is 0. The molecule has 0 saturated carbocycles. The molecule has 2 heteroatoms. The van der Waals surface area contributed by atoms with E-state index < -0.39 is 0 Å². The Hall–Kier alpha value is -1.02. The van der Waals surface area contributed by atoms with Crippen molar-refractivity contribution < 1.29 is 0 Å². The molecule has 0 atom stereocenters. The SMILES string of the molecule is Cc1cc(C)cc(N2CCCNCC(C)(C)C2)c1. The normalized spacial score (nSPS) is 20.3. The number of nitrogens with one attached hydrogen (secondary N) is 1. The first-order chi connectivity index (χ1) is 8.46. The van der Waals surface area contributed by atoms with Gasteiger partial charge in [-0.3, -0.25) is 0 Å². The molecule has 0 amide bonds. The molecule has 0 unspecified atom stereocenters. The van der Waals surface area contributed by atoms with Crippen LogP contribution in [0.1, 0.15) is 31.4 Å². The van der Waals surface area contributed by atoms with E-state index in [1.54, 1.807) is 0 Å². The molecule has 0 aliphatic carbocycles. The van der Waals surface area contributed by atoms with Gasteiger partial charge < -0.3 is 10.2 Å². The quantitative estimate of drug-likeness (QED) is 0.819. The summed E-state index contributed by atoms with van der Waals surface area (Å²) in [4.78, 5) is 2.56. The predicted molar refractivity (Wildman–Crippen MR) is 79.4 cm³/mol. The average Bonchev–Trinajstić information content (AvgIpc) is 2.22. The van der Waals surface area contributed by atoms with Gasteiger partial charge in [0.1, 0.15) is 0 Å². The van der Waals surface area contributed by atoms with E-state index in [1.807, 2.05) is 0 Å². The lowest BCUT2D eigenvalue weighted by molar-refractivity contribution is 0.325. The second-order valence-corrected chi connectivity index (χ2v) is 6.46. The lowest BCUT2D eigenvalue weighted by Crippen LogP contribution is -2.44. The summed E-state index contributed by atoms with van der Waals surface area (Å²) >= 11 is 0. The summed E-state index contributed by atoms with van der Waals surface area (Å²) in [6.45, 7) is 13.6. The lowest BCUT2D eigenvalue weighted by atomic mass is 9.91. The second kappa shape index (κ2) is 5.31. The molecule has 1 saturated heterocycles. The van der Waals surface area contributed by atoms with Crippen LogP contribution < -0.4 is 10.2 Å². The maximum Gasteiger partial charge on any atom is 0.0371 e. The Morgan fingerprint density at radius 2 is 1.78 bits per heavy atom. The van der Waals surface area contributed by atoms with Gasteiger partial charge in [0.25, 0.3) is 0 Å². The highest BCUT2D eigenvalue weighted by Crippen LogP contribution is 2.25. The van der Waals surface area contributed by atoms with Crippen LogP contribution in [0.2, 0.25) is 0 Å². The first kappa shape index (κ1) is 13.4. The van der Waals surface area contributed by atoms with Gasteiger partial charge in [-0.2, -0.15) is 0 Å². The highest BCUT2D eigenvalue weighted by molar-refractivity contribution is 5.51. The molecule has 100 valence electrons. The van der Waals surface area contributed by atoms with Crippen molar-refractivity contribution in [2.45, 2.75) is 34.1 Å². The van der Waals surface area contributed by atoms with Crippen LogP contribution in [0.5, 0.6) is 0 Å². The van der Waals surface area contributed by atoms with E-state index in [0.29, 0.717) is 5.41 Å². The standard InChI is InChI=1S/C16H26N2/c1-13-8-14(2)10-15(9-13)18-7-5-6-17-11-16(3,4)12-18/h8-10,17H,5-7,11-12H2,1-4H3. The average molecular weight is 246 g/mol. The van der Waals surface area contributed by atoms with Gasteiger partial charge in [0.05, 0.1) is 0 Å². The van der Waals surface area contributed by atoms with Crippen LogP contribution in [-0.4, -0.2) is 26.2 Å². The first-order valence-electron chi connectivity index (χ1n) is 7.00. The molecule has 1 aliphatic heterocycles. The Kier molecular flexibility index (Phi) is 3.96. The summed E-state index contributed by atoms with van der Waals surface area (Å²) < 4.78 is 0. The summed E-state index contributed by atoms with van der Waals surface area (Å²) in [6.07, 6.45) is 1.23. The van der Waals surface area contributed by atoms with Crippen molar-refractivity contribution in [1.29, 1.82) is 0 Å². The van der Waals surface area contributed by atoms with E-state index in [9.17, 15) is 0 Å². The minimum atomic E-state index is 0.331. The second-order valence-electron chi connectivity index (χ2n) is 6.46. The number of nitrogens with zero attached hydrogens (tertiary/aromatic N) is 1. The van der Waals surface area contributed by atoms with Crippen LogP contribution in [0.4, 0.5) is 5.69 Å².